The van der Waals surface area contributed by atoms with Crippen molar-refractivity contribution in [2.75, 3.05) is 13.2 Å². The number of rotatable bonds is 5. The molecule has 1 aliphatic rings. The zero-order valence-electron chi connectivity index (χ0n) is 10.0. The standard InChI is InChI=1S/C14H19NO2/c16-14-12(6-4-10-15-14)7-5-11-17-13-8-2-1-3-9-13/h1-3,8-9,12H,4-7,10-11H2,(H,15,16). The maximum atomic E-state index is 11.5. The first-order valence-corrected chi connectivity index (χ1v) is 6.32. The van der Waals surface area contributed by atoms with Gasteiger partial charge < -0.3 is 10.1 Å². The molecule has 3 nitrogen and oxygen atoms in total. The molecule has 0 radical (unpaired) electrons. The van der Waals surface area contributed by atoms with Crippen molar-refractivity contribution in [1.29, 1.82) is 0 Å². The number of carbonyl (C=O) groups is 1. The van der Waals surface area contributed by atoms with Crippen LogP contribution in [-0.2, 0) is 4.79 Å². The molecule has 1 N–H and O–H groups in total. The van der Waals surface area contributed by atoms with Gasteiger partial charge in [-0.25, -0.2) is 0 Å². The molecular weight excluding hydrogens is 214 g/mol. The van der Waals surface area contributed by atoms with E-state index < -0.39 is 0 Å². The molecule has 3 heteroatoms. The van der Waals surface area contributed by atoms with Crippen LogP contribution in [0.1, 0.15) is 25.7 Å². The quantitative estimate of drug-likeness (QED) is 0.793. The van der Waals surface area contributed by atoms with Crippen LogP contribution in [0.4, 0.5) is 0 Å². The Balaban J connectivity index is 1.64. The number of para-hydroxylation sites is 1. The van der Waals surface area contributed by atoms with E-state index in [4.69, 9.17) is 4.74 Å². The molecule has 1 aromatic rings. The number of ether oxygens (including phenoxy) is 1. The lowest BCUT2D eigenvalue weighted by atomic mass is 9.94. The minimum atomic E-state index is 0.197. The van der Waals surface area contributed by atoms with Gasteiger partial charge in [0, 0.05) is 12.5 Å². The van der Waals surface area contributed by atoms with E-state index >= 15 is 0 Å². The fourth-order valence-corrected chi connectivity index (χ4v) is 2.15. The molecule has 1 fully saturated rings. The average Bonchev–Trinajstić information content (AvgIpc) is 2.38. The summed E-state index contributed by atoms with van der Waals surface area (Å²) in [6.45, 7) is 1.53. The molecule has 92 valence electrons. The Morgan fingerprint density at radius 3 is 2.88 bits per heavy atom. The Labute approximate surface area is 102 Å². The van der Waals surface area contributed by atoms with E-state index in [0.29, 0.717) is 6.61 Å². The van der Waals surface area contributed by atoms with Crippen molar-refractivity contribution in [3.05, 3.63) is 30.3 Å². The molecule has 1 saturated heterocycles. The Kier molecular flexibility index (Phi) is 4.42. The molecule has 0 spiro atoms. The van der Waals surface area contributed by atoms with Gasteiger partial charge in [0.05, 0.1) is 6.61 Å². The molecular formula is C14H19NO2. The Morgan fingerprint density at radius 2 is 2.12 bits per heavy atom. The second-order valence-electron chi connectivity index (χ2n) is 4.43. The maximum Gasteiger partial charge on any atom is 0.223 e. The summed E-state index contributed by atoms with van der Waals surface area (Å²) in [5.41, 5.74) is 0. The van der Waals surface area contributed by atoms with Crippen molar-refractivity contribution in [3.63, 3.8) is 0 Å². The maximum absolute atomic E-state index is 11.5. The van der Waals surface area contributed by atoms with Crippen molar-refractivity contribution < 1.29 is 9.53 Å². The van der Waals surface area contributed by atoms with Gasteiger partial charge in [0.25, 0.3) is 0 Å². The van der Waals surface area contributed by atoms with E-state index in [2.05, 4.69) is 5.32 Å². The predicted octanol–water partition coefficient (Wildman–Crippen LogP) is 2.37. The van der Waals surface area contributed by atoms with Crippen LogP contribution >= 0.6 is 0 Å². The third kappa shape index (κ3) is 3.77. The minimum Gasteiger partial charge on any atom is -0.494 e. The van der Waals surface area contributed by atoms with Crippen LogP contribution in [0.15, 0.2) is 30.3 Å². The monoisotopic (exact) mass is 233 g/mol. The molecule has 17 heavy (non-hydrogen) atoms. The Bertz CT molecular complexity index is 350. The zero-order valence-corrected chi connectivity index (χ0v) is 10.0. The van der Waals surface area contributed by atoms with E-state index in [9.17, 15) is 4.79 Å². The second kappa shape index (κ2) is 6.28. The number of carbonyl (C=O) groups excluding carboxylic acids is 1. The van der Waals surface area contributed by atoms with Gasteiger partial charge in [-0.15, -0.1) is 0 Å². The van der Waals surface area contributed by atoms with Gasteiger partial charge in [-0.2, -0.15) is 0 Å². The smallest absolute Gasteiger partial charge is 0.223 e. The normalized spacial score (nSPS) is 19.8. The summed E-state index contributed by atoms with van der Waals surface area (Å²) in [5, 5.41) is 2.91. The van der Waals surface area contributed by atoms with Gasteiger partial charge >= 0.3 is 0 Å². The largest absolute Gasteiger partial charge is 0.494 e. The van der Waals surface area contributed by atoms with Gasteiger partial charge in [0.1, 0.15) is 5.75 Å². The van der Waals surface area contributed by atoms with E-state index in [-0.39, 0.29) is 11.8 Å². The molecule has 1 aromatic carbocycles. The van der Waals surface area contributed by atoms with E-state index in [0.717, 1.165) is 38.0 Å². The van der Waals surface area contributed by atoms with Crippen LogP contribution in [0, 0.1) is 5.92 Å². The summed E-state index contributed by atoms with van der Waals surface area (Å²) >= 11 is 0. The fraction of sp³-hybridized carbons (Fsp3) is 0.500. The van der Waals surface area contributed by atoms with Gasteiger partial charge in [0.2, 0.25) is 5.91 Å². The molecule has 0 aliphatic carbocycles. The van der Waals surface area contributed by atoms with Gasteiger partial charge in [0.15, 0.2) is 0 Å². The fourth-order valence-electron chi connectivity index (χ4n) is 2.15. The molecule has 1 unspecified atom stereocenters. The summed E-state index contributed by atoms with van der Waals surface area (Å²) in [6.07, 6.45) is 4.00. The third-order valence-electron chi connectivity index (χ3n) is 3.11. The molecule has 0 aromatic heterocycles. The van der Waals surface area contributed by atoms with Crippen molar-refractivity contribution in [1.82, 2.24) is 5.32 Å². The van der Waals surface area contributed by atoms with Crippen molar-refractivity contribution >= 4 is 5.91 Å². The molecule has 1 aliphatic heterocycles. The first kappa shape index (κ1) is 12.0. The molecule has 0 bridgehead atoms. The highest BCUT2D eigenvalue weighted by Gasteiger charge is 2.20. The molecule has 1 atom stereocenters. The van der Waals surface area contributed by atoms with Crippen molar-refractivity contribution in [2.24, 2.45) is 5.92 Å². The topological polar surface area (TPSA) is 38.3 Å². The van der Waals surface area contributed by atoms with Crippen LogP contribution in [0.2, 0.25) is 0 Å². The predicted molar refractivity (Wildman–Crippen MR) is 66.9 cm³/mol. The Hall–Kier alpha value is -1.51. The Morgan fingerprint density at radius 1 is 1.29 bits per heavy atom. The van der Waals surface area contributed by atoms with Gasteiger partial charge in [-0.1, -0.05) is 18.2 Å². The number of piperidine rings is 1. The third-order valence-corrected chi connectivity index (χ3v) is 3.11. The lowest BCUT2D eigenvalue weighted by Crippen LogP contribution is -2.36. The van der Waals surface area contributed by atoms with E-state index in [1.54, 1.807) is 0 Å². The average molecular weight is 233 g/mol. The number of benzene rings is 1. The molecule has 1 heterocycles. The summed E-state index contributed by atoms with van der Waals surface area (Å²) < 4.78 is 5.60. The van der Waals surface area contributed by atoms with Crippen LogP contribution in [0.5, 0.6) is 5.75 Å². The molecule has 0 saturated carbocycles. The summed E-state index contributed by atoms with van der Waals surface area (Å²) in [7, 11) is 0. The second-order valence-corrected chi connectivity index (χ2v) is 4.43. The number of amides is 1. The van der Waals surface area contributed by atoms with Gasteiger partial charge in [-0.05, 0) is 37.8 Å². The van der Waals surface area contributed by atoms with Crippen LogP contribution in [0.25, 0.3) is 0 Å². The zero-order chi connectivity index (χ0) is 11.9. The summed E-state index contributed by atoms with van der Waals surface area (Å²) in [4.78, 5) is 11.5. The first-order chi connectivity index (χ1) is 8.36. The van der Waals surface area contributed by atoms with Gasteiger partial charge in [-0.3, -0.25) is 4.79 Å². The van der Waals surface area contributed by atoms with Crippen molar-refractivity contribution in [2.45, 2.75) is 25.7 Å². The molecule has 1 amide bonds. The highest BCUT2D eigenvalue weighted by atomic mass is 16.5. The minimum absolute atomic E-state index is 0.197. The number of hydrogen-bond acceptors (Lipinski definition) is 2. The van der Waals surface area contributed by atoms with Crippen LogP contribution in [0.3, 0.4) is 0 Å². The SMILES string of the molecule is O=C1NCCCC1CCCOc1ccccc1. The van der Waals surface area contributed by atoms with Crippen LogP contribution in [-0.4, -0.2) is 19.1 Å². The lowest BCUT2D eigenvalue weighted by Gasteiger charge is -2.21. The summed E-state index contributed by atoms with van der Waals surface area (Å²) in [6, 6.07) is 9.80. The molecule has 2 rings (SSSR count). The highest BCUT2D eigenvalue weighted by Crippen LogP contribution is 2.17. The van der Waals surface area contributed by atoms with E-state index in [1.165, 1.54) is 0 Å². The first-order valence-electron chi connectivity index (χ1n) is 6.32. The highest BCUT2D eigenvalue weighted by molar-refractivity contribution is 5.79. The number of hydrogen-bond donors (Lipinski definition) is 1. The number of nitrogens with one attached hydrogen (secondary N) is 1. The summed E-state index contributed by atoms with van der Waals surface area (Å²) in [5.74, 6) is 1.32. The van der Waals surface area contributed by atoms with Crippen LogP contribution < -0.4 is 10.1 Å². The van der Waals surface area contributed by atoms with E-state index in [1.807, 2.05) is 30.3 Å². The lowest BCUT2D eigenvalue weighted by molar-refractivity contribution is -0.126. The van der Waals surface area contributed by atoms with Crippen molar-refractivity contribution in [3.8, 4) is 5.75 Å².